The average molecular weight is 480 g/mol. The van der Waals surface area contributed by atoms with Gasteiger partial charge in [0.05, 0.1) is 14.4 Å². The van der Waals surface area contributed by atoms with E-state index < -0.39 is 0 Å². The third kappa shape index (κ3) is 4.77. The fourth-order valence-electron chi connectivity index (χ4n) is 4.32. The second kappa shape index (κ2) is 9.47. The second-order valence-corrected chi connectivity index (χ2v) is 10.2. The van der Waals surface area contributed by atoms with E-state index in [1.165, 1.54) is 37.1 Å². The molecule has 2 aromatic heterocycles. The number of nitrogens with zero attached hydrogens (tertiary/aromatic N) is 1. The van der Waals surface area contributed by atoms with E-state index in [0.29, 0.717) is 17.2 Å². The van der Waals surface area contributed by atoms with E-state index in [9.17, 15) is 9.59 Å². The Bertz CT molecular complexity index is 944. The fourth-order valence-corrected chi connectivity index (χ4v) is 6.42. The first-order valence-electron chi connectivity index (χ1n) is 10.4. The lowest BCUT2D eigenvalue weighted by atomic mass is 9.94. The van der Waals surface area contributed by atoms with Gasteiger partial charge in [0.1, 0.15) is 0 Å². The maximum absolute atomic E-state index is 13.0. The molecule has 29 heavy (non-hydrogen) atoms. The predicted octanol–water partition coefficient (Wildman–Crippen LogP) is 5.21. The number of nitrogens with one attached hydrogen (secondary N) is 2. The zero-order valence-electron chi connectivity index (χ0n) is 17.7. The number of aromatic nitrogens is 1. The number of aryl methyl sites for hydroxylation is 2. The second-order valence-electron chi connectivity index (χ2n) is 7.88. The van der Waals surface area contributed by atoms with Gasteiger partial charge in [-0.15, -0.1) is 11.3 Å². The van der Waals surface area contributed by atoms with Crippen molar-refractivity contribution in [3.05, 3.63) is 48.2 Å². The van der Waals surface area contributed by atoms with E-state index in [1.807, 2.05) is 26.8 Å². The molecule has 7 heteroatoms. The molecule has 2 N–H and O–H groups in total. The molecule has 0 unspecified atom stereocenters. The number of pyridine rings is 1. The van der Waals surface area contributed by atoms with Crippen LogP contribution in [0.25, 0.3) is 0 Å². The summed E-state index contributed by atoms with van der Waals surface area (Å²) in [4.78, 5) is 30.5. The SMILES string of the molecule is CCN(c1sc(Br)c(C(=O)NCc2c(C)cc(C)[nH]c2=O)c1C)C1CCCCC1. The molecule has 2 heterocycles. The number of H-pyrrole nitrogens is 1. The van der Waals surface area contributed by atoms with Crippen molar-refractivity contribution in [3.63, 3.8) is 0 Å². The molecule has 0 atom stereocenters. The Morgan fingerprint density at radius 2 is 1.97 bits per heavy atom. The highest BCUT2D eigenvalue weighted by atomic mass is 79.9. The van der Waals surface area contributed by atoms with Crippen molar-refractivity contribution < 1.29 is 4.79 Å². The van der Waals surface area contributed by atoms with Crippen LogP contribution in [-0.2, 0) is 6.54 Å². The van der Waals surface area contributed by atoms with Gasteiger partial charge in [0.2, 0.25) is 0 Å². The monoisotopic (exact) mass is 479 g/mol. The van der Waals surface area contributed by atoms with Crippen molar-refractivity contribution in [1.29, 1.82) is 0 Å². The molecule has 0 bridgehead atoms. The smallest absolute Gasteiger partial charge is 0.253 e. The summed E-state index contributed by atoms with van der Waals surface area (Å²) in [6.45, 7) is 9.14. The third-order valence-corrected chi connectivity index (χ3v) is 7.84. The summed E-state index contributed by atoms with van der Waals surface area (Å²) in [5.41, 5.74) is 3.88. The van der Waals surface area contributed by atoms with E-state index in [2.05, 4.69) is 38.1 Å². The minimum absolute atomic E-state index is 0.140. The molecule has 0 aromatic carbocycles. The molecule has 1 aliphatic rings. The zero-order chi connectivity index (χ0) is 21.1. The first-order chi connectivity index (χ1) is 13.8. The van der Waals surface area contributed by atoms with Gasteiger partial charge in [-0.1, -0.05) is 19.3 Å². The highest BCUT2D eigenvalue weighted by Crippen LogP contribution is 2.41. The lowest BCUT2D eigenvalue weighted by Crippen LogP contribution is -2.36. The number of thiophene rings is 1. The molecule has 158 valence electrons. The molecule has 3 rings (SSSR count). The maximum atomic E-state index is 13.0. The summed E-state index contributed by atoms with van der Waals surface area (Å²) in [6.07, 6.45) is 6.33. The van der Waals surface area contributed by atoms with Crippen LogP contribution in [0.15, 0.2) is 14.6 Å². The van der Waals surface area contributed by atoms with Crippen LogP contribution in [-0.4, -0.2) is 23.5 Å². The summed E-state index contributed by atoms with van der Waals surface area (Å²) < 4.78 is 0.853. The van der Waals surface area contributed by atoms with Crippen LogP contribution >= 0.6 is 27.3 Å². The van der Waals surface area contributed by atoms with Crippen molar-refractivity contribution in [2.75, 3.05) is 11.4 Å². The van der Waals surface area contributed by atoms with E-state index in [1.54, 1.807) is 11.3 Å². The lowest BCUT2D eigenvalue weighted by molar-refractivity contribution is 0.0950. The zero-order valence-corrected chi connectivity index (χ0v) is 20.1. The van der Waals surface area contributed by atoms with Gasteiger partial charge in [0.25, 0.3) is 11.5 Å². The summed E-state index contributed by atoms with van der Waals surface area (Å²) in [7, 11) is 0. The first-order valence-corrected chi connectivity index (χ1v) is 12.0. The number of hydrogen-bond donors (Lipinski definition) is 2. The Labute approximate surface area is 185 Å². The lowest BCUT2D eigenvalue weighted by Gasteiger charge is -2.35. The van der Waals surface area contributed by atoms with E-state index in [-0.39, 0.29) is 18.0 Å². The van der Waals surface area contributed by atoms with Crippen molar-refractivity contribution in [2.45, 2.75) is 72.4 Å². The quantitative estimate of drug-likeness (QED) is 0.597. The third-order valence-electron chi connectivity index (χ3n) is 5.84. The van der Waals surface area contributed by atoms with Crippen molar-refractivity contribution in [2.24, 2.45) is 0 Å². The average Bonchev–Trinajstić information content (AvgIpc) is 2.96. The number of carbonyl (C=O) groups excluding carboxylic acids is 1. The minimum Gasteiger partial charge on any atom is -0.360 e. The number of anilines is 1. The Morgan fingerprint density at radius 1 is 1.28 bits per heavy atom. The molecule has 2 aromatic rings. The molecule has 1 aliphatic carbocycles. The van der Waals surface area contributed by atoms with Crippen LogP contribution in [0, 0.1) is 20.8 Å². The highest BCUT2D eigenvalue weighted by Gasteiger charge is 2.27. The largest absolute Gasteiger partial charge is 0.360 e. The molecule has 0 spiro atoms. The molecular weight excluding hydrogens is 450 g/mol. The molecule has 1 amide bonds. The maximum Gasteiger partial charge on any atom is 0.253 e. The number of halogens is 1. The molecule has 0 radical (unpaired) electrons. The van der Waals surface area contributed by atoms with E-state index >= 15 is 0 Å². The van der Waals surface area contributed by atoms with Crippen LogP contribution in [0.3, 0.4) is 0 Å². The van der Waals surface area contributed by atoms with Gasteiger partial charge in [-0.2, -0.15) is 0 Å². The van der Waals surface area contributed by atoms with Crippen LogP contribution in [0.4, 0.5) is 5.00 Å². The first kappa shape index (κ1) is 22.1. The van der Waals surface area contributed by atoms with Crippen molar-refractivity contribution in [3.8, 4) is 0 Å². The topological polar surface area (TPSA) is 65.2 Å². The summed E-state index contributed by atoms with van der Waals surface area (Å²) in [6, 6.07) is 2.48. The predicted molar refractivity (Wildman–Crippen MR) is 124 cm³/mol. The Morgan fingerprint density at radius 3 is 2.59 bits per heavy atom. The van der Waals surface area contributed by atoms with Gasteiger partial charge in [-0.25, -0.2) is 0 Å². The summed E-state index contributed by atoms with van der Waals surface area (Å²) in [5, 5.41) is 4.13. The van der Waals surface area contributed by atoms with Gasteiger partial charge in [0, 0.05) is 30.4 Å². The van der Waals surface area contributed by atoms with Crippen LogP contribution in [0.2, 0.25) is 0 Å². The Balaban J connectivity index is 1.80. The Kier molecular flexibility index (Phi) is 7.22. The number of rotatable bonds is 6. The minimum atomic E-state index is -0.143. The van der Waals surface area contributed by atoms with Gasteiger partial charge >= 0.3 is 0 Å². The van der Waals surface area contributed by atoms with Gasteiger partial charge in [-0.05, 0) is 73.7 Å². The number of hydrogen-bond acceptors (Lipinski definition) is 4. The van der Waals surface area contributed by atoms with Gasteiger partial charge < -0.3 is 15.2 Å². The molecule has 5 nitrogen and oxygen atoms in total. The van der Waals surface area contributed by atoms with Crippen LogP contribution in [0.5, 0.6) is 0 Å². The number of carbonyl (C=O) groups is 1. The summed E-state index contributed by atoms with van der Waals surface area (Å²) >= 11 is 5.26. The normalized spacial score (nSPS) is 14.8. The molecular formula is C22H30BrN3O2S. The fraction of sp³-hybridized carbons (Fsp3) is 0.545. The Hall–Kier alpha value is -1.60. The van der Waals surface area contributed by atoms with Crippen molar-refractivity contribution >= 4 is 38.2 Å². The van der Waals surface area contributed by atoms with E-state index in [4.69, 9.17) is 0 Å². The number of amides is 1. The molecule has 1 saturated carbocycles. The van der Waals surface area contributed by atoms with E-state index in [0.717, 1.165) is 27.2 Å². The number of aromatic amines is 1. The highest BCUT2D eigenvalue weighted by molar-refractivity contribution is 9.11. The molecule has 0 saturated heterocycles. The van der Waals surface area contributed by atoms with Gasteiger partial charge in [-0.3, -0.25) is 9.59 Å². The molecule has 1 fully saturated rings. The van der Waals surface area contributed by atoms with Crippen LogP contribution in [0.1, 0.15) is 71.8 Å². The standard InChI is InChI=1S/C22H30BrN3O2S/c1-5-26(16-9-7-6-8-10-16)22-15(4)18(19(23)29-22)21(28)24-12-17-13(2)11-14(3)25-20(17)27/h11,16H,5-10,12H2,1-4H3,(H,24,28)(H,25,27). The van der Waals surface area contributed by atoms with Crippen LogP contribution < -0.4 is 15.8 Å². The molecule has 0 aliphatic heterocycles. The van der Waals surface area contributed by atoms with Gasteiger partial charge in [0.15, 0.2) is 0 Å². The van der Waals surface area contributed by atoms with Crippen molar-refractivity contribution in [1.82, 2.24) is 10.3 Å². The summed E-state index contributed by atoms with van der Waals surface area (Å²) in [5.74, 6) is -0.143.